The Kier molecular flexibility index (Phi) is 5.12. The molecule has 2 rings (SSSR count). The third kappa shape index (κ3) is 4.05. The van der Waals surface area contributed by atoms with Gasteiger partial charge in [-0.1, -0.05) is 17.7 Å². The van der Waals surface area contributed by atoms with Gasteiger partial charge in [0.2, 0.25) is 0 Å². The molecule has 0 aromatic heterocycles. The number of ketones is 1. The number of halogens is 2. The van der Waals surface area contributed by atoms with Crippen molar-refractivity contribution >= 4 is 29.0 Å². The average Bonchev–Trinajstić information content (AvgIpc) is 2.50. The molecule has 0 spiro atoms. The standard InChI is InChI=1S/C16H13ClFNO3/c1-10(20)11-5-7-12(8-6-11)22-9-15(21)19-14-4-2-3-13(17)16(14)18/h2-8H,9H2,1H3,(H,19,21). The minimum Gasteiger partial charge on any atom is -0.484 e. The van der Waals surface area contributed by atoms with Crippen molar-refractivity contribution in [2.24, 2.45) is 0 Å². The number of rotatable bonds is 5. The summed E-state index contributed by atoms with van der Waals surface area (Å²) in [4.78, 5) is 22.9. The first-order valence-corrected chi connectivity index (χ1v) is 6.83. The normalized spacial score (nSPS) is 10.1. The molecule has 0 saturated heterocycles. The van der Waals surface area contributed by atoms with Crippen molar-refractivity contribution in [2.45, 2.75) is 6.92 Å². The second-order valence-corrected chi connectivity index (χ2v) is 4.93. The molecule has 2 aromatic carbocycles. The van der Waals surface area contributed by atoms with Gasteiger partial charge in [0.05, 0.1) is 10.7 Å². The van der Waals surface area contributed by atoms with Gasteiger partial charge in [-0.3, -0.25) is 9.59 Å². The molecule has 1 amide bonds. The molecule has 0 aliphatic carbocycles. The largest absolute Gasteiger partial charge is 0.484 e. The van der Waals surface area contributed by atoms with Crippen LogP contribution in [0.3, 0.4) is 0 Å². The van der Waals surface area contributed by atoms with Gasteiger partial charge in [0.25, 0.3) is 5.91 Å². The minimum absolute atomic E-state index is 0.00646. The SMILES string of the molecule is CC(=O)c1ccc(OCC(=O)Nc2cccc(Cl)c2F)cc1. The van der Waals surface area contributed by atoms with E-state index in [1.54, 1.807) is 24.3 Å². The fourth-order valence-electron chi connectivity index (χ4n) is 1.72. The van der Waals surface area contributed by atoms with Crippen LogP contribution in [-0.2, 0) is 4.79 Å². The topological polar surface area (TPSA) is 55.4 Å². The number of amides is 1. The van der Waals surface area contributed by atoms with Gasteiger partial charge in [-0.2, -0.15) is 0 Å². The number of carbonyl (C=O) groups excluding carboxylic acids is 2. The second-order valence-electron chi connectivity index (χ2n) is 4.52. The number of hydrogen-bond acceptors (Lipinski definition) is 3. The summed E-state index contributed by atoms with van der Waals surface area (Å²) >= 11 is 5.63. The van der Waals surface area contributed by atoms with Gasteiger partial charge < -0.3 is 10.1 Å². The predicted molar refractivity (Wildman–Crippen MR) is 82.0 cm³/mol. The Hall–Kier alpha value is -2.40. The van der Waals surface area contributed by atoms with Gasteiger partial charge in [-0.05, 0) is 43.3 Å². The van der Waals surface area contributed by atoms with E-state index in [0.717, 1.165) is 0 Å². The third-order valence-electron chi connectivity index (χ3n) is 2.86. The highest BCUT2D eigenvalue weighted by Gasteiger charge is 2.10. The van der Waals surface area contributed by atoms with Crippen molar-refractivity contribution in [1.82, 2.24) is 0 Å². The molecule has 0 aliphatic rings. The molecule has 0 fully saturated rings. The molecular weight excluding hydrogens is 309 g/mol. The van der Waals surface area contributed by atoms with Crippen LogP contribution in [0.25, 0.3) is 0 Å². The Morgan fingerprint density at radius 3 is 2.50 bits per heavy atom. The maximum atomic E-state index is 13.6. The van der Waals surface area contributed by atoms with Crippen molar-refractivity contribution in [3.05, 3.63) is 58.9 Å². The van der Waals surface area contributed by atoms with E-state index >= 15 is 0 Å². The molecule has 0 saturated carbocycles. The number of nitrogens with one attached hydrogen (secondary N) is 1. The van der Waals surface area contributed by atoms with Crippen molar-refractivity contribution in [2.75, 3.05) is 11.9 Å². The molecule has 6 heteroatoms. The highest BCUT2D eigenvalue weighted by Crippen LogP contribution is 2.22. The molecule has 0 unspecified atom stereocenters. The molecule has 2 aromatic rings. The van der Waals surface area contributed by atoms with Gasteiger partial charge in [-0.25, -0.2) is 4.39 Å². The summed E-state index contributed by atoms with van der Waals surface area (Å²) in [5.74, 6) is -0.826. The molecule has 0 atom stereocenters. The van der Waals surface area contributed by atoms with Gasteiger partial charge in [0, 0.05) is 5.56 Å². The predicted octanol–water partition coefficient (Wildman–Crippen LogP) is 3.70. The molecule has 4 nitrogen and oxygen atoms in total. The quantitative estimate of drug-likeness (QED) is 0.854. The maximum absolute atomic E-state index is 13.6. The number of hydrogen-bond donors (Lipinski definition) is 1. The number of anilines is 1. The lowest BCUT2D eigenvalue weighted by atomic mass is 10.1. The van der Waals surface area contributed by atoms with Crippen molar-refractivity contribution in [3.8, 4) is 5.75 Å². The zero-order valence-corrected chi connectivity index (χ0v) is 12.5. The van der Waals surface area contributed by atoms with Crippen LogP contribution in [0, 0.1) is 5.82 Å². The van der Waals surface area contributed by atoms with Crippen molar-refractivity contribution in [1.29, 1.82) is 0 Å². The Balaban J connectivity index is 1.92. The van der Waals surface area contributed by atoms with Gasteiger partial charge in [0.15, 0.2) is 18.2 Å². The Labute approximate surface area is 131 Å². The summed E-state index contributed by atoms with van der Waals surface area (Å²) in [5, 5.41) is 2.30. The Morgan fingerprint density at radius 2 is 1.86 bits per heavy atom. The summed E-state index contributed by atoms with van der Waals surface area (Å²) in [6.07, 6.45) is 0. The van der Waals surface area contributed by atoms with E-state index in [9.17, 15) is 14.0 Å². The molecule has 114 valence electrons. The van der Waals surface area contributed by atoms with E-state index < -0.39 is 11.7 Å². The molecule has 22 heavy (non-hydrogen) atoms. The van der Waals surface area contributed by atoms with E-state index in [1.807, 2.05) is 0 Å². The molecule has 0 radical (unpaired) electrons. The Bertz CT molecular complexity index is 701. The van der Waals surface area contributed by atoms with Crippen LogP contribution < -0.4 is 10.1 Å². The van der Waals surface area contributed by atoms with Crippen LogP contribution in [0.2, 0.25) is 5.02 Å². The number of Topliss-reactive ketones (excluding diaryl/α,β-unsaturated/α-hetero) is 1. The van der Waals surface area contributed by atoms with Crippen LogP contribution in [0.1, 0.15) is 17.3 Å². The molecule has 0 aliphatic heterocycles. The van der Waals surface area contributed by atoms with E-state index in [2.05, 4.69) is 5.32 Å². The van der Waals surface area contributed by atoms with Crippen LogP contribution in [-0.4, -0.2) is 18.3 Å². The highest BCUT2D eigenvalue weighted by atomic mass is 35.5. The van der Waals surface area contributed by atoms with E-state index in [0.29, 0.717) is 11.3 Å². The molecule has 0 heterocycles. The second kappa shape index (κ2) is 7.04. The number of ether oxygens (including phenoxy) is 1. The first-order chi connectivity index (χ1) is 10.5. The zero-order chi connectivity index (χ0) is 16.1. The molecular formula is C16H13ClFNO3. The zero-order valence-electron chi connectivity index (χ0n) is 11.7. The lowest BCUT2D eigenvalue weighted by Gasteiger charge is -2.09. The summed E-state index contributed by atoms with van der Waals surface area (Å²) in [6.45, 7) is 1.17. The van der Waals surface area contributed by atoms with Gasteiger partial charge in [0.1, 0.15) is 5.75 Å². The maximum Gasteiger partial charge on any atom is 0.262 e. The van der Waals surface area contributed by atoms with Crippen molar-refractivity contribution in [3.63, 3.8) is 0 Å². The third-order valence-corrected chi connectivity index (χ3v) is 3.15. The molecule has 0 bridgehead atoms. The lowest BCUT2D eigenvalue weighted by molar-refractivity contribution is -0.118. The lowest BCUT2D eigenvalue weighted by Crippen LogP contribution is -2.20. The minimum atomic E-state index is -0.691. The van der Waals surface area contributed by atoms with Crippen molar-refractivity contribution < 1.29 is 18.7 Å². The smallest absolute Gasteiger partial charge is 0.262 e. The summed E-state index contributed by atoms with van der Waals surface area (Å²) in [6, 6.07) is 10.7. The van der Waals surface area contributed by atoms with Crippen LogP contribution in [0.5, 0.6) is 5.75 Å². The van der Waals surface area contributed by atoms with E-state index in [1.165, 1.54) is 25.1 Å². The van der Waals surface area contributed by atoms with E-state index in [4.69, 9.17) is 16.3 Å². The fraction of sp³-hybridized carbons (Fsp3) is 0.125. The summed E-state index contributed by atoms with van der Waals surface area (Å²) in [7, 11) is 0. The highest BCUT2D eigenvalue weighted by molar-refractivity contribution is 6.31. The van der Waals surface area contributed by atoms with Gasteiger partial charge in [-0.15, -0.1) is 0 Å². The van der Waals surface area contributed by atoms with E-state index in [-0.39, 0.29) is 23.1 Å². The van der Waals surface area contributed by atoms with Gasteiger partial charge >= 0.3 is 0 Å². The Morgan fingerprint density at radius 1 is 1.18 bits per heavy atom. The monoisotopic (exact) mass is 321 g/mol. The number of carbonyl (C=O) groups is 2. The average molecular weight is 322 g/mol. The summed E-state index contributed by atoms with van der Waals surface area (Å²) in [5.41, 5.74) is 0.547. The first kappa shape index (κ1) is 16.0. The summed E-state index contributed by atoms with van der Waals surface area (Å²) < 4.78 is 18.9. The fourth-order valence-corrected chi connectivity index (χ4v) is 1.90. The van der Waals surface area contributed by atoms with Crippen LogP contribution >= 0.6 is 11.6 Å². The van der Waals surface area contributed by atoms with Crippen LogP contribution in [0.4, 0.5) is 10.1 Å². The number of benzene rings is 2. The van der Waals surface area contributed by atoms with Crippen LogP contribution in [0.15, 0.2) is 42.5 Å². The molecule has 1 N–H and O–H groups in total. The first-order valence-electron chi connectivity index (χ1n) is 6.45.